The van der Waals surface area contributed by atoms with Gasteiger partial charge in [-0.05, 0) is 24.1 Å². The van der Waals surface area contributed by atoms with Crippen molar-refractivity contribution >= 4 is 0 Å². The monoisotopic (exact) mass is 179 g/mol. The van der Waals surface area contributed by atoms with Gasteiger partial charge in [-0.25, -0.2) is 4.98 Å². The molecule has 0 aliphatic heterocycles. The maximum absolute atomic E-state index is 12.8. The van der Waals surface area contributed by atoms with E-state index >= 15 is 0 Å². The molecule has 0 saturated heterocycles. The van der Waals surface area contributed by atoms with E-state index < -0.39 is 5.95 Å². The molecule has 1 unspecified atom stereocenters. The zero-order valence-corrected chi connectivity index (χ0v) is 7.83. The lowest BCUT2D eigenvalue weighted by molar-refractivity contribution is 0.577. The maximum Gasteiger partial charge on any atom is 0.213 e. The van der Waals surface area contributed by atoms with Crippen LogP contribution in [0.3, 0.4) is 0 Å². The summed E-state index contributed by atoms with van der Waals surface area (Å²) in [4.78, 5) is 3.52. The van der Waals surface area contributed by atoms with Crippen LogP contribution in [0.5, 0.6) is 0 Å². The highest BCUT2D eigenvalue weighted by Crippen LogP contribution is 2.21. The molecule has 70 valence electrons. The lowest BCUT2D eigenvalue weighted by Gasteiger charge is -2.10. The molecule has 1 heterocycles. The van der Waals surface area contributed by atoms with Gasteiger partial charge in [0.05, 0.1) is 0 Å². The van der Waals surface area contributed by atoms with Crippen molar-refractivity contribution in [3.8, 4) is 0 Å². The molecule has 0 bridgehead atoms. The fourth-order valence-electron chi connectivity index (χ4n) is 1.38. The molecule has 0 saturated carbocycles. The molecule has 0 aromatic carbocycles. The maximum atomic E-state index is 12.8. The summed E-state index contributed by atoms with van der Waals surface area (Å²) in [6.07, 6.45) is 5.43. The van der Waals surface area contributed by atoms with Gasteiger partial charge in [0.1, 0.15) is 0 Å². The Labute approximate surface area is 78.3 Å². The first-order valence-electron chi connectivity index (χ1n) is 4.52. The SMILES string of the molecule is C=CC(CCC)c1ccnc(F)c1. The Bertz CT molecular complexity index is 283. The third kappa shape index (κ3) is 2.65. The molecule has 0 spiro atoms. The molecule has 1 atom stereocenters. The van der Waals surface area contributed by atoms with Gasteiger partial charge < -0.3 is 0 Å². The van der Waals surface area contributed by atoms with Crippen molar-refractivity contribution < 1.29 is 4.39 Å². The second kappa shape index (κ2) is 4.75. The molecule has 0 aliphatic rings. The quantitative estimate of drug-likeness (QED) is 0.510. The smallest absolute Gasteiger partial charge is 0.213 e. The predicted molar refractivity (Wildman–Crippen MR) is 52.0 cm³/mol. The fourth-order valence-corrected chi connectivity index (χ4v) is 1.38. The second-order valence-electron chi connectivity index (χ2n) is 3.04. The number of pyridine rings is 1. The minimum absolute atomic E-state index is 0.252. The largest absolute Gasteiger partial charge is 0.228 e. The van der Waals surface area contributed by atoms with Crippen LogP contribution in [0.25, 0.3) is 0 Å². The Morgan fingerprint density at radius 3 is 3.00 bits per heavy atom. The standard InChI is InChI=1S/C11H14FN/c1-3-5-9(4-2)10-6-7-13-11(12)8-10/h4,6-9H,2-3,5H2,1H3. The van der Waals surface area contributed by atoms with E-state index in [1.165, 1.54) is 12.3 Å². The van der Waals surface area contributed by atoms with Crippen LogP contribution in [0, 0.1) is 5.95 Å². The van der Waals surface area contributed by atoms with Crippen molar-refractivity contribution in [2.75, 3.05) is 0 Å². The molecular formula is C11H14FN. The van der Waals surface area contributed by atoms with Crippen LogP contribution in [0.4, 0.5) is 4.39 Å². The first kappa shape index (κ1) is 9.90. The van der Waals surface area contributed by atoms with E-state index in [2.05, 4.69) is 18.5 Å². The van der Waals surface area contributed by atoms with Gasteiger partial charge in [0, 0.05) is 12.1 Å². The molecule has 1 rings (SSSR count). The van der Waals surface area contributed by atoms with Gasteiger partial charge >= 0.3 is 0 Å². The van der Waals surface area contributed by atoms with Gasteiger partial charge in [-0.15, -0.1) is 6.58 Å². The Hall–Kier alpha value is -1.18. The van der Waals surface area contributed by atoms with E-state index in [9.17, 15) is 4.39 Å². The van der Waals surface area contributed by atoms with Crippen LogP contribution in [0.1, 0.15) is 31.2 Å². The minimum atomic E-state index is -0.416. The van der Waals surface area contributed by atoms with Gasteiger partial charge in [0.25, 0.3) is 0 Å². The Morgan fingerprint density at radius 2 is 2.46 bits per heavy atom. The summed E-state index contributed by atoms with van der Waals surface area (Å²) in [6, 6.07) is 3.31. The van der Waals surface area contributed by atoms with Gasteiger partial charge in [0.2, 0.25) is 5.95 Å². The summed E-state index contributed by atoms with van der Waals surface area (Å²) in [5.74, 6) is -0.164. The number of nitrogens with zero attached hydrogens (tertiary/aromatic N) is 1. The Morgan fingerprint density at radius 1 is 1.69 bits per heavy atom. The van der Waals surface area contributed by atoms with E-state index in [0.717, 1.165) is 18.4 Å². The van der Waals surface area contributed by atoms with Crippen molar-refractivity contribution in [3.05, 3.63) is 42.5 Å². The molecule has 1 aromatic heterocycles. The highest BCUT2D eigenvalue weighted by Gasteiger charge is 2.06. The van der Waals surface area contributed by atoms with Crippen LogP contribution in [0.15, 0.2) is 31.0 Å². The van der Waals surface area contributed by atoms with Crippen LogP contribution in [0.2, 0.25) is 0 Å². The summed E-state index contributed by atoms with van der Waals surface area (Å²) < 4.78 is 12.8. The first-order valence-corrected chi connectivity index (χ1v) is 4.52. The minimum Gasteiger partial charge on any atom is -0.228 e. The third-order valence-electron chi connectivity index (χ3n) is 2.06. The van der Waals surface area contributed by atoms with Gasteiger partial charge in [0.15, 0.2) is 0 Å². The summed E-state index contributed by atoms with van der Waals surface area (Å²) in [7, 11) is 0. The average molecular weight is 179 g/mol. The van der Waals surface area contributed by atoms with Crippen molar-refractivity contribution in [3.63, 3.8) is 0 Å². The molecule has 2 heteroatoms. The van der Waals surface area contributed by atoms with E-state index in [1.807, 2.05) is 12.1 Å². The number of allylic oxidation sites excluding steroid dienone is 1. The van der Waals surface area contributed by atoms with Crippen molar-refractivity contribution in [1.82, 2.24) is 4.98 Å². The molecule has 0 amide bonds. The van der Waals surface area contributed by atoms with E-state index in [0.29, 0.717) is 0 Å². The Balaban J connectivity index is 2.84. The zero-order valence-electron chi connectivity index (χ0n) is 7.83. The second-order valence-corrected chi connectivity index (χ2v) is 3.04. The molecule has 0 aliphatic carbocycles. The van der Waals surface area contributed by atoms with Crippen LogP contribution < -0.4 is 0 Å². The van der Waals surface area contributed by atoms with Crippen molar-refractivity contribution in [2.24, 2.45) is 0 Å². The third-order valence-corrected chi connectivity index (χ3v) is 2.06. The average Bonchev–Trinajstić information content (AvgIpc) is 2.14. The van der Waals surface area contributed by atoms with Crippen LogP contribution in [-0.2, 0) is 0 Å². The van der Waals surface area contributed by atoms with Gasteiger partial charge in [-0.1, -0.05) is 19.4 Å². The summed E-state index contributed by atoms with van der Waals surface area (Å²) in [6.45, 7) is 5.85. The first-order chi connectivity index (χ1) is 6.27. The summed E-state index contributed by atoms with van der Waals surface area (Å²) in [5.41, 5.74) is 0.962. The van der Waals surface area contributed by atoms with Crippen LogP contribution in [-0.4, -0.2) is 4.98 Å². The molecule has 0 radical (unpaired) electrons. The molecule has 0 fully saturated rings. The molecule has 1 nitrogen and oxygen atoms in total. The molecule has 13 heavy (non-hydrogen) atoms. The van der Waals surface area contributed by atoms with Crippen LogP contribution >= 0.6 is 0 Å². The zero-order chi connectivity index (χ0) is 9.68. The number of halogens is 1. The molecular weight excluding hydrogens is 165 g/mol. The highest BCUT2D eigenvalue weighted by atomic mass is 19.1. The summed E-state index contributed by atoms with van der Waals surface area (Å²) >= 11 is 0. The Kier molecular flexibility index (Phi) is 3.62. The summed E-state index contributed by atoms with van der Waals surface area (Å²) in [5, 5.41) is 0. The number of rotatable bonds is 4. The lowest BCUT2D eigenvalue weighted by Crippen LogP contribution is -1.96. The number of aromatic nitrogens is 1. The van der Waals surface area contributed by atoms with Gasteiger partial charge in [-0.3, -0.25) is 0 Å². The normalized spacial score (nSPS) is 12.5. The van der Waals surface area contributed by atoms with E-state index in [-0.39, 0.29) is 5.92 Å². The van der Waals surface area contributed by atoms with Gasteiger partial charge in [-0.2, -0.15) is 4.39 Å². The molecule has 0 N–H and O–H groups in total. The highest BCUT2D eigenvalue weighted by molar-refractivity contribution is 5.20. The lowest BCUT2D eigenvalue weighted by atomic mass is 9.96. The topological polar surface area (TPSA) is 12.9 Å². The number of hydrogen-bond acceptors (Lipinski definition) is 1. The van der Waals surface area contributed by atoms with Crippen molar-refractivity contribution in [2.45, 2.75) is 25.7 Å². The van der Waals surface area contributed by atoms with E-state index in [4.69, 9.17) is 0 Å². The predicted octanol–water partition coefficient (Wildman–Crippen LogP) is 3.29. The molecule has 1 aromatic rings. The van der Waals surface area contributed by atoms with Crippen molar-refractivity contribution in [1.29, 1.82) is 0 Å². The van der Waals surface area contributed by atoms with E-state index in [1.54, 1.807) is 0 Å². The number of hydrogen-bond donors (Lipinski definition) is 0. The fraction of sp³-hybridized carbons (Fsp3) is 0.364.